The van der Waals surface area contributed by atoms with Gasteiger partial charge in [-0.2, -0.15) is 5.10 Å². The topological polar surface area (TPSA) is 98.1 Å². The van der Waals surface area contributed by atoms with E-state index in [2.05, 4.69) is 9.82 Å². The Morgan fingerprint density at radius 3 is 2.40 bits per heavy atom. The summed E-state index contributed by atoms with van der Waals surface area (Å²) < 4.78 is 54.2. The molecule has 30 heavy (non-hydrogen) atoms. The highest BCUT2D eigenvalue weighted by Crippen LogP contribution is 2.31. The maximum atomic E-state index is 13.0. The van der Waals surface area contributed by atoms with Crippen molar-refractivity contribution in [3.8, 4) is 11.3 Å². The molecule has 0 bridgehead atoms. The molecule has 1 atom stereocenters. The standard InChI is InChI=1S/C21H23N3O4S2/c1-15-8-9-19(12-16(15)2)30(27,28)23-21-13-20(17-6-4-3-5-7-17)22-24(21)18-10-11-29(25,26)14-18/h3-9,12-13,18,23H,10-11,14H2,1-2H3/t18-/m1/s1. The Morgan fingerprint density at radius 1 is 1.03 bits per heavy atom. The Morgan fingerprint density at radius 2 is 1.77 bits per heavy atom. The molecule has 0 unspecified atom stereocenters. The molecule has 3 aromatic rings. The summed E-state index contributed by atoms with van der Waals surface area (Å²) in [5.41, 5.74) is 3.28. The van der Waals surface area contributed by atoms with Crippen LogP contribution in [0, 0.1) is 13.8 Å². The van der Waals surface area contributed by atoms with Crippen molar-refractivity contribution in [1.82, 2.24) is 9.78 Å². The van der Waals surface area contributed by atoms with Gasteiger partial charge in [0.25, 0.3) is 10.0 Å². The first kappa shape index (κ1) is 20.6. The van der Waals surface area contributed by atoms with E-state index in [9.17, 15) is 16.8 Å². The van der Waals surface area contributed by atoms with Crippen molar-refractivity contribution in [2.24, 2.45) is 0 Å². The second kappa shape index (κ2) is 7.55. The van der Waals surface area contributed by atoms with E-state index in [1.54, 1.807) is 24.3 Å². The van der Waals surface area contributed by atoms with Crippen molar-refractivity contribution in [2.45, 2.75) is 31.2 Å². The molecule has 1 N–H and O–H groups in total. The third kappa shape index (κ3) is 4.13. The van der Waals surface area contributed by atoms with Crippen LogP contribution >= 0.6 is 0 Å². The monoisotopic (exact) mass is 445 g/mol. The average molecular weight is 446 g/mol. The minimum atomic E-state index is -3.86. The van der Waals surface area contributed by atoms with Gasteiger partial charge in [-0.3, -0.25) is 4.72 Å². The van der Waals surface area contributed by atoms with E-state index in [1.807, 2.05) is 44.2 Å². The molecule has 158 valence electrons. The van der Waals surface area contributed by atoms with Crippen LogP contribution in [0.4, 0.5) is 5.82 Å². The Labute approximate surface area is 176 Å². The third-order valence-corrected chi connectivity index (χ3v) is 8.49. The lowest BCUT2D eigenvalue weighted by Gasteiger charge is -2.15. The summed E-state index contributed by atoms with van der Waals surface area (Å²) in [5, 5.41) is 4.56. The van der Waals surface area contributed by atoms with Gasteiger partial charge in [-0.15, -0.1) is 0 Å². The summed E-state index contributed by atoms with van der Waals surface area (Å²) in [5.74, 6) is 0.275. The van der Waals surface area contributed by atoms with Crippen molar-refractivity contribution in [3.05, 3.63) is 65.7 Å². The van der Waals surface area contributed by atoms with Crippen molar-refractivity contribution >= 4 is 25.7 Å². The molecule has 1 aliphatic rings. The molecule has 0 aliphatic carbocycles. The van der Waals surface area contributed by atoms with E-state index >= 15 is 0 Å². The van der Waals surface area contributed by atoms with Crippen LogP contribution in [0.1, 0.15) is 23.6 Å². The Balaban J connectivity index is 1.75. The van der Waals surface area contributed by atoms with Gasteiger partial charge in [0.15, 0.2) is 9.84 Å². The molecule has 0 saturated carbocycles. The summed E-state index contributed by atoms with van der Waals surface area (Å²) in [7, 11) is -7.02. The SMILES string of the molecule is Cc1ccc(S(=O)(=O)Nc2cc(-c3ccccc3)nn2[C@@H]2CCS(=O)(=O)C2)cc1C. The molecule has 0 amide bonds. The number of benzene rings is 2. The van der Waals surface area contributed by atoms with Crippen molar-refractivity contribution in [3.63, 3.8) is 0 Å². The van der Waals surface area contributed by atoms with E-state index in [1.165, 1.54) is 4.68 Å². The third-order valence-electron chi connectivity index (χ3n) is 5.39. The Kier molecular flexibility index (Phi) is 5.19. The lowest BCUT2D eigenvalue weighted by Crippen LogP contribution is -2.20. The number of nitrogens with one attached hydrogen (secondary N) is 1. The van der Waals surface area contributed by atoms with Gasteiger partial charge in [0.05, 0.1) is 28.1 Å². The zero-order valence-electron chi connectivity index (χ0n) is 16.7. The second-order valence-electron chi connectivity index (χ2n) is 7.63. The molecular weight excluding hydrogens is 422 g/mol. The van der Waals surface area contributed by atoms with Crippen LogP contribution in [0.2, 0.25) is 0 Å². The van der Waals surface area contributed by atoms with Crippen LogP contribution < -0.4 is 4.72 Å². The van der Waals surface area contributed by atoms with E-state index in [0.717, 1.165) is 16.7 Å². The van der Waals surface area contributed by atoms with Gasteiger partial charge >= 0.3 is 0 Å². The van der Waals surface area contributed by atoms with Gasteiger partial charge < -0.3 is 0 Å². The molecule has 7 nitrogen and oxygen atoms in total. The van der Waals surface area contributed by atoms with Crippen LogP contribution in [0.25, 0.3) is 11.3 Å². The predicted molar refractivity (Wildman–Crippen MR) is 117 cm³/mol. The smallest absolute Gasteiger partial charge is 0.263 e. The fourth-order valence-corrected chi connectivity index (χ4v) is 6.36. The predicted octanol–water partition coefficient (Wildman–Crippen LogP) is 3.33. The summed E-state index contributed by atoms with van der Waals surface area (Å²) >= 11 is 0. The quantitative estimate of drug-likeness (QED) is 0.650. The largest absolute Gasteiger partial charge is 0.264 e. The number of nitrogens with zero attached hydrogens (tertiary/aromatic N) is 2. The highest BCUT2D eigenvalue weighted by Gasteiger charge is 2.32. The minimum Gasteiger partial charge on any atom is -0.264 e. The van der Waals surface area contributed by atoms with Gasteiger partial charge in [-0.05, 0) is 43.5 Å². The lowest BCUT2D eigenvalue weighted by atomic mass is 10.1. The zero-order valence-corrected chi connectivity index (χ0v) is 18.4. The van der Waals surface area contributed by atoms with Gasteiger partial charge in [-0.25, -0.2) is 21.5 Å². The molecular formula is C21H23N3O4S2. The van der Waals surface area contributed by atoms with E-state index in [-0.39, 0.29) is 22.2 Å². The number of hydrogen-bond donors (Lipinski definition) is 1. The summed E-state index contributed by atoms with van der Waals surface area (Å²) in [6, 6.07) is 15.6. The van der Waals surface area contributed by atoms with Gasteiger partial charge in [0, 0.05) is 11.6 Å². The number of sulfonamides is 1. The summed E-state index contributed by atoms with van der Waals surface area (Å²) in [4.78, 5) is 0.152. The van der Waals surface area contributed by atoms with Crippen molar-refractivity contribution < 1.29 is 16.8 Å². The fraction of sp³-hybridized carbons (Fsp3) is 0.286. The van der Waals surface area contributed by atoms with Crippen LogP contribution in [0.3, 0.4) is 0 Å². The van der Waals surface area contributed by atoms with Crippen LogP contribution in [-0.4, -0.2) is 38.1 Å². The van der Waals surface area contributed by atoms with Crippen LogP contribution in [0.5, 0.6) is 0 Å². The van der Waals surface area contributed by atoms with E-state index in [4.69, 9.17) is 0 Å². The fourth-order valence-electron chi connectivity index (χ4n) is 3.54. The van der Waals surface area contributed by atoms with Gasteiger partial charge in [0.1, 0.15) is 5.82 Å². The first-order valence-corrected chi connectivity index (χ1v) is 12.9. The molecule has 1 aromatic heterocycles. The number of sulfone groups is 1. The Bertz CT molecular complexity index is 1300. The number of rotatable bonds is 5. The molecule has 4 rings (SSSR count). The minimum absolute atomic E-state index is 0.0543. The van der Waals surface area contributed by atoms with Crippen molar-refractivity contribution in [2.75, 3.05) is 16.2 Å². The highest BCUT2D eigenvalue weighted by atomic mass is 32.2. The molecule has 9 heteroatoms. The summed E-state index contributed by atoms with van der Waals surface area (Å²) in [6.45, 7) is 3.77. The molecule has 0 spiro atoms. The lowest BCUT2D eigenvalue weighted by molar-refractivity contribution is 0.507. The molecule has 1 saturated heterocycles. The van der Waals surface area contributed by atoms with E-state index in [0.29, 0.717) is 12.1 Å². The maximum Gasteiger partial charge on any atom is 0.263 e. The highest BCUT2D eigenvalue weighted by molar-refractivity contribution is 7.92. The van der Waals surface area contributed by atoms with Gasteiger partial charge in [-0.1, -0.05) is 36.4 Å². The first-order chi connectivity index (χ1) is 14.1. The number of hydrogen-bond acceptors (Lipinski definition) is 5. The van der Waals surface area contributed by atoms with Crippen molar-refractivity contribution in [1.29, 1.82) is 0 Å². The van der Waals surface area contributed by atoms with Crippen LogP contribution in [0.15, 0.2) is 59.5 Å². The zero-order chi connectivity index (χ0) is 21.5. The number of anilines is 1. The average Bonchev–Trinajstić information content (AvgIpc) is 3.27. The van der Waals surface area contributed by atoms with Crippen LogP contribution in [-0.2, 0) is 19.9 Å². The summed E-state index contributed by atoms with van der Waals surface area (Å²) in [6.07, 6.45) is 0.399. The van der Waals surface area contributed by atoms with E-state index < -0.39 is 25.9 Å². The molecule has 0 radical (unpaired) electrons. The second-order valence-corrected chi connectivity index (χ2v) is 11.5. The normalized spacial score (nSPS) is 18.4. The number of aromatic nitrogens is 2. The number of aryl methyl sites for hydroxylation is 2. The van der Waals surface area contributed by atoms with Gasteiger partial charge in [0.2, 0.25) is 0 Å². The Hall–Kier alpha value is -2.65. The molecule has 1 fully saturated rings. The maximum absolute atomic E-state index is 13.0. The first-order valence-electron chi connectivity index (χ1n) is 9.60. The molecule has 2 aromatic carbocycles. The molecule has 1 aliphatic heterocycles. The molecule has 2 heterocycles.